The zero-order valence-electron chi connectivity index (χ0n) is 11.1. The van der Waals surface area contributed by atoms with Crippen LogP contribution in [0.5, 0.6) is 0 Å². The van der Waals surface area contributed by atoms with Crippen molar-refractivity contribution in [2.45, 2.75) is 64.1 Å². The number of ether oxygens (including phenoxy) is 1. The van der Waals surface area contributed by atoms with Crippen molar-refractivity contribution < 1.29 is 19.1 Å². The first-order valence-corrected chi connectivity index (χ1v) is 6.36. The van der Waals surface area contributed by atoms with E-state index in [-0.39, 0.29) is 11.6 Å². The van der Waals surface area contributed by atoms with Crippen LogP contribution < -0.4 is 0 Å². The number of rotatable bonds is 0. The van der Waals surface area contributed by atoms with Gasteiger partial charge in [-0.15, -0.1) is 0 Å². The molecule has 0 radical (unpaired) electrons. The van der Waals surface area contributed by atoms with Gasteiger partial charge in [0.15, 0.2) is 11.6 Å². The van der Waals surface area contributed by atoms with E-state index in [9.17, 15) is 14.4 Å². The number of hydrogen-bond acceptors (Lipinski definition) is 4. The minimum Gasteiger partial charge on any atom is -0.444 e. The van der Waals surface area contributed by atoms with Gasteiger partial charge in [0, 0.05) is 12.8 Å². The second kappa shape index (κ2) is 4.37. The van der Waals surface area contributed by atoms with E-state index in [4.69, 9.17) is 4.74 Å². The lowest BCUT2D eigenvalue weighted by atomic mass is 9.83. The Morgan fingerprint density at radius 3 is 1.94 bits per heavy atom. The minimum absolute atomic E-state index is 0.0459. The number of carbonyl (C=O) groups excluding carboxylic acids is 3. The third-order valence-electron chi connectivity index (χ3n) is 3.35. The van der Waals surface area contributed by atoms with Crippen molar-refractivity contribution in [3.63, 3.8) is 0 Å². The van der Waals surface area contributed by atoms with Crippen LogP contribution in [0.2, 0.25) is 0 Å². The molecule has 0 saturated carbocycles. The first kappa shape index (κ1) is 13.1. The predicted molar refractivity (Wildman–Crippen MR) is 64.1 cm³/mol. The standard InChI is InChI=1S/C13H19NO4/c1-13(2,3)18-12(17)14-8-4-6-10(15)9(14)5-7-11(8)16/h8-9H,4-7H2,1-3H3. The summed E-state index contributed by atoms with van der Waals surface area (Å²) in [5.41, 5.74) is -0.616. The van der Waals surface area contributed by atoms with E-state index in [1.54, 1.807) is 20.8 Å². The molecule has 0 aromatic heterocycles. The maximum Gasteiger partial charge on any atom is 0.411 e. The Morgan fingerprint density at radius 1 is 1.11 bits per heavy atom. The lowest BCUT2D eigenvalue weighted by molar-refractivity contribution is -0.140. The van der Waals surface area contributed by atoms with Crippen molar-refractivity contribution in [2.24, 2.45) is 0 Å². The fourth-order valence-corrected chi connectivity index (χ4v) is 2.59. The molecule has 18 heavy (non-hydrogen) atoms. The van der Waals surface area contributed by atoms with E-state index in [0.717, 1.165) is 0 Å². The molecule has 2 unspecified atom stereocenters. The number of fused-ring (bicyclic) bond motifs is 2. The molecule has 2 aliphatic rings. The van der Waals surface area contributed by atoms with E-state index in [0.29, 0.717) is 25.7 Å². The van der Waals surface area contributed by atoms with Gasteiger partial charge in [0.25, 0.3) is 0 Å². The van der Waals surface area contributed by atoms with Crippen molar-refractivity contribution in [1.82, 2.24) is 4.90 Å². The summed E-state index contributed by atoms with van der Waals surface area (Å²) in [6, 6.07) is -0.924. The van der Waals surface area contributed by atoms with Gasteiger partial charge in [-0.1, -0.05) is 0 Å². The summed E-state index contributed by atoms with van der Waals surface area (Å²) < 4.78 is 5.29. The van der Waals surface area contributed by atoms with Gasteiger partial charge in [-0.3, -0.25) is 14.5 Å². The van der Waals surface area contributed by atoms with Crippen LogP contribution in [0, 0.1) is 0 Å². The number of Topliss-reactive ketones (excluding diaryl/α,β-unsaturated/α-hetero) is 2. The van der Waals surface area contributed by atoms with Crippen LogP contribution in [0.1, 0.15) is 46.5 Å². The summed E-state index contributed by atoms with van der Waals surface area (Å²) in [5, 5.41) is 0. The second-order valence-electron chi connectivity index (χ2n) is 5.93. The average molecular weight is 253 g/mol. The van der Waals surface area contributed by atoms with Crippen LogP contribution in [0.3, 0.4) is 0 Å². The molecule has 5 heteroatoms. The quantitative estimate of drug-likeness (QED) is 0.659. The van der Waals surface area contributed by atoms with E-state index >= 15 is 0 Å². The highest BCUT2D eigenvalue weighted by atomic mass is 16.6. The topological polar surface area (TPSA) is 63.7 Å². The minimum atomic E-state index is -0.616. The molecule has 2 atom stereocenters. The van der Waals surface area contributed by atoms with Crippen LogP contribution in [0.15, 0.2) is 0 Å². The van der Waals surface area contributed by atoms with Crippen molar-refractivity contribution >= 4 is 17.7 Å². The van der Waals surface area contributed by atoms with Crippen molar-refractivity contribution in [1.29, 1.82) is 0 Å². The Bertz CT molecular complexity index is 372. The molecule has 2 fully saturated rings. The molecule has 0 N–H and O–H groups in total. The van der Waals surface area contributed by atoms with E-state index in [1.165, 1.54) is 4.90 Å². The molecule has 2 saturated heterocycles. The van der Waals surface area contributed by atoms with E-state index < -0.39 is 23.8 Å². The first-order chi connectivity index (χ1) is 8.29. The largest absolute Gasteiger partial charge is 0.444 e. The first-order valence-electron chi connectivity index (χ1n) is 6.36. The van der Waals surface area contributed by atoms with Crippen LogP contribution in [-0.4, -0.2) is 40.2 Å². The molecule has 2 heterocycles. The second-order valence-corrected chi connectivity index (χ2v) is 5.93. The molecule has 0 aromatic rings. The molecule has 0 aliphatic carbocycles. The third-order valence-corrected chi connectivity index (χ3v) is 3.35. The lowest BCUT2D eigenvalue weighted by Crippen LogP contribution is -2.60. The smallest absolute Gasteiger partial charge is 0.411 e. The molecule has 100 valence electrons. The van der Waals surface area contributed by atoms with Gasteiger partial charge in [0.1, 0.15) is 5.60 Å². The van der Waals surface area contributed by atoms with Crippen molar-refractivity contribution in [2.75, 3.05) is 0 Å². The van der Waals surface area contributed by atoms with Gasteiger partial charge < -0.3 is 4.74 Å². The van der Waals surface area contributed by atoms with E-state index in [1.807, 2.05) is 0 Å². The number of carbonyl (C=O) groups is 3. The third kappa shape index (κ3) is 2.40. The summed E-state index contributed by atoms with van der Waals surface area (Å²) in [4.78, 5) is 37.1. The van der Waals surface area contributed by atoms with Gasteiger partial charge in [-0.2, -0.15) is 0 Å². The normalized spacial score (nSPS) is 28.3. The maximum atomic E-state index is 12.1. The van der Waals surface area contributed by atoms with E-state index in [2.05, 4.69) is 0 Å². The summed E-state index contributed by atoms with van der Waals surface area (Å²) in [7, 11) is 0. The summed E-state index contributed by atoms with van der Waals surface area (Å²) in [6.45, 7) is 5.32. The van der Waals surface area contributed by atoms with Gasteiger partial charge in [0.2, 0.25) is 0 Å². The summed E-state index contributed by atoms with van der Waals surface area (Å²) >= 11 is 0. The molecule has 2 aliphatic heterocycles. The Labute approximate surface area is 106 Å². The Kier molecular flexibility index (Phi) is 3.17. The molecular formula is C13H19NO4. The molecule has 5 nitrogen and oxygen atoms in total. The fraction of sp³-hybridized carbons (Fsp3) is 0.769. The zero-order valence-corrected chi connectivity index (χ0v) is 11.1. The highest BCUT2D eigenvalue weighted by Crippen LogP contribution is 2.31. The highest BCUT2D eigenvalue weighted by Gasteiger charge is 2.47. The predicted octanol–water partition coefficient (Wildman–Crippen LogP) is 1.69. The number of piperidine rings is 2. The Morgan fingerprint density at radius 2 is 1.56 bits per heavy atom. The van der Waals surface area contributed by atoms with Gasteiger partial charge in [0.05, 0.1) is 12.1 Å². The van der Waals surface area contributed by atoms with Crippen LogP contribution >= 0.6 is 0 Å². The number of amides is 1. The van der Waals surface area contributed by atoms with Gasteiger partial charge in [-0.05, 0) is 33.6 Å². The molecule has 0 spiro atoms. The Balaban J connectivity index is 2.21. The average Bonchev–Trinajstić information content (AvgIpc) is 2.23. The molecule has 0 aromatic carbocycles. The van der Waals surface area contributed by atoms with Crippen LogP contribution in [0.4, 0.5) is 4.79 Å². The summed E-state index contributed by atoms with van der Waals surface area (Å²) in [5.74, 6) is 0.0919. The summed E-state index contributed by atoms with van der Waals surface area (Å²) in [6.07, 6.45) is 1.11. The molecule has 2 bridgehead atoms. The van der Waals surface area contributed by atoms with Gasteiger partial charge >= 0.3 is 6.09 Å². The van der Waals surface area contributed by atoms with Crippen LogP contribution in [-0.2, 0) is 14.3 Å². The van der Waals surface area contributed by atoms with Crippen LogP contribution in [0.25, 0.3) is 0 Å². The number of nitrogens with zero attached hydrogens (tertiary/aromatic N) is 1. The van der Waals surface area contributed by atoms with Crippen molar-refractivity contribution in [3.8, 4) is 0 Å². The SMILES string of the molecule is CC(C)(C)OC(=O)N1C2CCC(=O)C1CCC2=O. The highest BCUT2D eigenvalue weighted by molar-refractivity contribution is 5.97. The molecule has 1 amide bonds. The monoisotopic (exact) mass is 253 g/mol. The van der Waals surface area contributed by atoms with Crippen molar-refractivity contribution in [3.05, 3.63) is 0 Å². The number of hydrogen-bond donors (Lipinski definition) is 0. The Hall–Kier alpha value is -1.39. The lowest BCUT2D eigenvalue weighted by Gasteiger charge is -2.43. The maximum absolute atomic E-state index is 12.1. The molecule has 2 rings (SSSR count). The fourth-order valence-electron chi connectivity index (χ4n) is 2.59. The van der Waals surface area contributed by atoms with Gasteiger partial charge in [-0.25, -0.2) is 4.79 Å². The zero-order chi connectivity index (χ0) is 13.5. The number of ketones is 2. The molecular weight excluding hydrogens is 234 g/mol.